The van der Waals surface area contributed by atoms with Crippen LogP contribution in [0.2, 0.25) is 0 Å². The van der Waals surface area contributed by atoms with Gasteiger partial charge in [-0.3, -0.25) is 14.4 Å². The smallest absolute Gasteiger partial charge is 0.223 e. The number of likely N-dealkylation sites (tertiary alicyclic amines) is 1. The highest BCUT2D eigenvalue weighted by Crippen LogP contribution is 2.15. The minimum atomic E-state index is -0.00313. The number of benzene rings is 1. The lowest BCUT2D eigenvalue weighted by Gasteiger charge is -2.33. The van der Waals surface area contributed by atoms with Gasteiger partial charge in [-0.05, 0) is 50.3 Å². The number of Topliss-reactive ketones (excluding diaryl/α,β-unsaturated/α-hetero) is 1. The summed E-state index contributed by atoms with van der Waals surface area (Å²) in [6.45, 7) is 7.23. The van der Waals surface area contributed by atoms with Crippen LogP contribution in [0.5, 0.6) is 0 Å². The monoisotopic (exact) mass is 358 g/mol. The number of aryl methyl sites for hydroxylation is 2. The van der Waals surface area contributed by atoms with Crippen molar-refractivity contribution < 1.29 is 14.4 Å². The maximum atomic E-state index is 12.5. The molecule has 142 valence electrons. The Morgan fingerprint density at radius 2 is 1.88 bits per heavy atom. The third-order valence-electron chi connectivity index (χ3n) is 5.01. The summed E-state index contributed by atoms with van der Waals surface area (Å²) < 4.78 is 0. The van der Waals surface area contributed by atoms with Crippen molar-refractivity contribution >= 4 is 17.6 Å². The SMILES string of the molecule is CCCC(=O)NC1CCCN(C(=O)CCC(=O)c2ccc(C)c(C)c2)C1. The predicted molar refractivity (Wildman–Crippen MR) is 102 cm³/mol. The molecule has 1 aliphatic rings. The fraction of sp³-hybridized carbons (Fsp3) is 0.571. The Hall–Kier alpha value is -2.17. The van der Waals surface area contributed by atoms with Gasteiger partial charge < -0.3 is 10.2 Å². The van der Waals surface area contributed by atoms with Crippen LogP contribution in [-0.2, 0) is 9.59 Å². The number of hydrogen-bond donors (Lipinski definition) is 1. The Balaban J connectivity index is 1.83. The molecule has 1 fully saturated rings. The van der Waals surface area contributed by atoms with Crippen molar-refractivity contribution in [3.05, 3.63) is 34.9 Å². The van der Waals surface area contributed by atoms with E-state index in [4.69, 9.17) is 0 Å². The van der Waals surface area contributed by atoms with Crippen molar-refractivity contribution in [3.8, 4) is 0 Å². The molecular weight excluding hydrogens is 328 g/mol. The van der Waals surface area contributed by atoms with Gasteiger partial charge in [0.25, 0.3) is 0 Å². The van der Waals surface area contributed by atoms with E-state index >= 15 is 0 Å². The molecule has 0 aliphatic carbocycles. The topological polar surface area (TPSA) is 66.5 Å². The molecule has 1 saturated heterocycles. The molecule has 1 aromatic rings. The van der Waals surface area contributed by atoms with Crippen LogP contribution in [0, 0.1) is 13.8 Å². The van der Waals surface area contributed by atoms with E-state index in [0.717, 1.165) is 30.4 Å². The molecule has 0 radical (unpaired) electrons. The van der Waals surface area contributed by atoms with Gasteiger partial charge in [-0.25, -0.2) is 0 Å². The zero-order valence-electron chi connectivity index (χ0n) is 16.1. The molecule has 0 aromatic heterocycles. The van der Waals surface area contributed by atoms with Gasteiger partial charge in [-0.15, -0.1) is 0 Å². The van der Waals surface area contributed by atoms with E-state index in [9.17, 15) is 14.4 Å². The van der Waals surface area contributed by atoms with E-state index in [-0.39, 0.29) is 36.5 Å². The number of carbonyl (C=O) groups excluding carboxylic acids is 3. The van der Waals surface area contributed by atoms with Gasteiger partial charge in [0.05, 0.1) is 0 Å². The first kappa shape index (κ1) is 20.1. The van der Waals surface area contributed by atoms with E-state index in [1.54, 1.807) is 4.90 Å². The van der Waals surface area contributed by atoms with Crippen LogP contribution < -0.4 is 5.32 Å². The Kier molecular flexibility index (Phi) is 7.37. The fourth-order valence-electron chi connectivity index (χ4n) is 3.29. The van der Waals surface area contributed by atoms with Crippen molar-refractivity contribution in [2.24, 2.45) is 0 Å². The first-order valence-corrected chi connectivity index (χ1v) is 9.58. The van der Waals surface area contributed by atoms with Gasteiger partial charge in [0, 0.05) is 44.0 Å². The van der Waals surface area contributed by atoms with Gasteiger partial charge in [0.1, 0.15) is 0 Å². The van der Waals surface area contributed by atoms with Crippen LogP contribution in [0.3, 0.4) is 0 Å². The Morgan fingerprint density at radius 3 is 2.58 bits per heavy atom. The van der Waals surface area contributed by atoms with Gasteiger partial charge in [0.15, 0.2) is 5.78 Å². The summed E-state index contributed by atoms with van der Waals surface area (Å²) in [5.41, 5.74) is 2.91. The molecule has 0 spiro atoms. The zero-order chi connectivity index (χ0) is 19.1. The standard InChI is InChI=1S/C21H30N2O3/c1-4-6-20(25)22-18-7-5-12-23(14-18)21(26)11-10-19(24)17-9-8-15(2)16(3)13-17/h8-9,13,18H,4-7,10-12,14H2,1-3H3,(H,22,25). The second-order valence-electron chi connectivity index (χ2n) is 7.22. The number of nitrogens with one attached hydrogen (secondary N) is 1. The van der Waals surface area contributed by atoms with Gasteiger partial charge in [0.2, 0.25) is 11.8 Å². The van der Waals surface area contributed by atoms with Crippen LogP contribution in [0.25, 0.3) is 0 Å². The van der Waals surface area contributed by atoms with Gasteiger partial charge in [-0.1, -0.05) is 19.1 Å². The molecular formula is C21H30N2O3. The normalized spacial score (nSPS) is 17.0. The summed E-state index contributed by atoms with van der Waals surface area (Å²) in [6.07, 6.45) is 3.58. The molecule has 5 heteroatoms. The van der Waals surface area contributed by atoms with E-state index in [0.29, 0.717) is 25.1 Å². The number of hydrogen-bond acceptors (Lipinski definition) is 3. The van der Waals surface area contributed by atoms with Crippen molar-refractivity contribution in [1.82, 2.24) is 10.2 Å². The maximum Gasteiger partial charge on any atom is 0.223 e. The van der Waals surface area contributed by atoms with E-state index < -0.39 is 0 Å². The molecule has 1 heterocycles. The molecule has 0 bridgehead atoms. The number of amides is 2. The molecule has 0 saturated carbocycles. The number of ketones is 1. The summed E-state index contributed by atoms with van der Waals surface area (Å²) in [5, 5.41) is 3.01. The summed E-state index contributed by atoms with van der Waals surface area (Å²) in [5.74, 6) is 0.0552. The summed E-state index contributed by atoms with van der Waals surface area (Å²) in [6, 6.07) is 5.69. The van der Waals surface area contributed by atoms with Crippen molar-refractivity contribution in [1.29, 1.82) is 0 Å². The van der Waals surface area contributed by atoms with Crippen molar-refractivity contribution in [2.45, 2.75) is 65.3 Å². The van der Waals surface area contributed by atoms with Crippen molar-refractivity contribution in [3.63, 3.8) is 0 Å². The zero-order valence-corrected chi connectivity index (χ0v) is 16.1. The van der Waals surface area contributed by atoms with E-state index in [1.807, 2.05) is 39.0 Å². The minimum absolute atomic E-state index is 0.00313. The highest BCUT2D eigenvalue weighted by Gasteiger charge is 2.24. The maximum absolute atomic E-state index is 12.5. The van der Waals surface area contributed by atoms with Crippen LogP contribution >= 0.6 is 0 Å². The number of rotatable bonds is 7. The molecule has 1 unspecified atom stereocenters. The Bertz CT molecular complexity index is 669. The molecule has 1 atom stereocenters. The predicted octanol–water partition coefficient (Wildman–Crippen LogP) is 3.17. The summed E-state index contributed by atoms with van der Waals surface area (Å²) in [7, 11) is 0. The lowest BCUT2D eigenvalue weighted by Crippen LogP contribution is -2.49. The first-order valence-electron chi connectivity index (χ1n) is 9.58. The highest BCUT2D eigenvalue weighted by molar-refractivity contribution is 5.98. The average Bonchev–Trinajstić information content (AvgIpc) is 2.62. The lowest BCUT2D eigenvalue weighted by atomic mass is 10.0. The molecule has 5 nitrogen and oxygen atoms in total. The van der Waals surface area contributed by atoms with Crippen molar-refractivity contribution in [2.75, 3.05) is 13.1 Å². The van der Waals surface area contributed by atoms with Crippen LogP contribution in [0.1, 0.15) is 66.9 Å². The second-order valence-corrected chi connectivity index (χ2v) is 7.22. The summed E-state index contributed by atoms with van der Waals surface area (Å²) in [4.78, 5) is 38.4. The second kappa shape index (κ2) is 9.51. The van der Waals surface area contributed by atoms with Gasteiger partial charge >= 0.3 is 0 Å². The van der Waals surface area contributed by atoms with Gasteiger partial charge in [-0.2, -0.15) is 0 Å². The Morgan fingerprint density at radius 1 is 1.12 bits per heavy atom. The third-order valence-corrected chi connectivity index (χ3v) is 5.01. The summed E-state index contributed by atoms with van der Waals surface area (Å²) >= 11 is 0. The fourth-order valence-corrected chi connectivity index (χ4v) is 3.29. The Labute approximate surface area is 156 Å². The van der Waals surface area contributed by atoms with Crippen LogP contribution in [0.15, 0.2) is 18.2 Å². The quantitative estimate of drug-likeness (QED) is 0.761. The van der Waals surface area contributed by atoms with Crippen LogP contribution in [0.4, 0.5) is 0 Å². The molecule has 1 aliphatic heterocycles. The first-order chi connectivity index (χ1) is 12.4. The number of nitrogens with zero attached hydrogens (tertiary/aromatic N) is 1. The number of carbonyl (C=O) groups is 3. The molecule has 2 rings (SSSR count). The highest BCUT2D eigenvalue weighted by atomic mass is 16.2. The largest absolute Gasteiger partial charge is 0.352 e. The molecule has 2 amide bonds. The van der Waals surface area contributed by atoms with E-state index in [2.05, 4.69) is 5.32 Å². The van der Waals surface area contributed by atoms with E-state index in [1.165, 1.54) is 0 Å². The third kappa shape index (κ3) is 5.68. The van der Waals surface area contributed by atoms with Crippen LogP contribution in [-0.4, -0.2) is 41.6 Å². The minimum Gasteiger partial charge on any atom is -0.352 e. The molecule has 1 aromatic carbocycles. The number of piperidine rings is 1. The average molecular weight is 358 g/mol. The molecule has 26 heavy (non-hydrogen) atoms. The lowest BCUT2D eigenvalue weighted by molar-refractivity contribution is -0.133. The molecule has 1 N–H and O–H groups in total.